The largest absolute Gasteiger partial charge is 0.379 e. The van der Waals surface area contributed by atoms with Crippen molar-refractivity contribution < 1.29 is 18.6 Å². The Morgan fingerprint density at radius 2 is 1.93 bits per heavy atom. The Labute approximate surface area is 231 Å². The summed E-state index contributed by atoms with van der Waals surface area (Å²) in [6.07, 6.45) is 4.61. The van der Waals surface area contributed by atoms with E-state index in [1.807, 2.05) is 36.5 Å². The standard InChI is InChI=1S/C29H35F2N7O2/c30-29(31)5-7-37(8-6-29)18-20-13-22(16-32-15-20)21-1-4-26-25(14-21)27(36-35-26)28(39)34-23-2-3-24(33-17-23)19-38-9-11-40-12-10-38/h1-4,13-14,16-17,20,28,34,39H,5-12,15,18-19H2,(H,35,36). The topological polar surface area (TPSA) is 102 Å². The number of nitrogens with zero attached hydrogens (tertiary/aromatic N) is 5. The number of pyridine rings is 1. The van der Waals surface area contributed by atoms with Crippen LogP contribution >= 0.6 is 0 Å². The number of dihydropyridines is 1. The number of benzene rings is 1. The zero-order chi connectivity index (χ0) is 27.5. The molecule has 0 spiro atoms. The second-order valence-corrected chi connectivity index (χ2v) is 10.9. The molecule has 6 rings (SSSR count). The summed E-state index contributed by atoms with van der Waals surface area (Å²) < 4.78 is 32.5. The van der Waals surface area contributed by atoms with Gasteiger partial charge in [0.1, 0.15) is 0 Å². The van der Waals surface area contributed by atoms with Crippen LogP contribution in [0, 0.1) is 5.92 Å². The fourth-order valence-electron chi connectivity index (χ4n) is 5.55. The van der Waals surface area contributed by atoms with E-state index in [0.29, 0.717) is 31.0 Å². The maximum absolute atomic E-state index is 13.5. The predicted octanol–water partition coefficient (Wildman–Crippen LogP) is 3.71. The van der Waals surface area contributed by atoms with Gasteiger partial charge in [-0.1, -0.05) is 12.1 Å². The van der Waals surface area contributed by atoms with E-state index in [0.717, 1.165) is 67.1 Å². The van der Waals surface area contributed by atoms with Crippen LogP contribution < -0.4 is 5.32 Å². The van der Waals surface area contributed by atoms with Crippen molar-refractivity contribution in [2.24, 2.45) is 10.9 Å². The van der Waals surface area contributed by atoms with E-state index in [-0.39, 0.29) is 18.8 Å². The van der Waals surface area contributed by atoms with E-state index in [2.05, 4.69) is 41.4 Å². The van der Waals surface area contributed by atoms with Crippen LogP contribution in [0.5, 0.6) is 0 Å². The van der Waals surface area contributed by atoms with Crippen LogP contribution in [0.25, 0.3) is 16.5 Å². The molecule has 11 heteroatoms. The molecule has 0 radical (unpaired) electrons. The van der Waals surface area contributed by atoms with Gasteiger partial charge in [-0.15, -0.1) is 0 Å². The zero-order valence-corrected chi connectivity index (χ0v) is 22.4. The number of alkyl halides is 2. The molecule has 3 aliphatic heterocycles. The molecule has 5 heterocycles. The van der Waals surface area contributed by atoms with Gasteiger partial charge >= 0.3 is 0 Å². The number of aliphatic hydroxyl groups excluding tert-OH is 1. The summed E-state index contributed by atoms with van der Waals surface area (Å²) in [4.78, 5) is 13.5. The number of halogens is 2. The Morgan fingerprint density at radius 3 is 2.70 bits per heavy atom. The number of hydrogen-bond donors (Lipinski definition) is 3. The van der Waals surface area contributed by atoms with Gasteiger partial charge in [-0.3, -0.25) is 20.0 Å². The third kappa shape index (κ3) is 6.38. The minimum absolute atomic E-state index is 0.0789. The van der Waals surface area contributed by atoms with E-state index in [4.69, 9.17) is 4.74 Å². The Bertz CT molecular complexity index is 1360. The number of ether oxygens (including phenoxy) is 1. The van der Waals surface area contributed by atoms with Crippen molar-refractivity contribution in [3.63, 3.8) is 0 Å². The first-order chi connectivity index (χ1) is 19.4. The number of morpholine rings is 1. The van der Waals surface area contributed by atoms with Gasteiger partial charge in [0.15, 0.2) is 6.23 Å². The molecule has 0 bridgehead atoms. The van der Waals surface area contributed by atoms with Crippen LogP contribution in [-0.2, 0) is 11.3 Å². The Morgan fingerprint density at radius 1 is 1.10 bits per heavy atom. The van der Waals surface area contributed by atoms with Gasteiger partial charge in [-0.25, -0.2) is 8.78 Å². The lowest BCUT2D eigenvalue weighted by molar-refractivity contribution is -0.0563. The summed E-state index contributed by atoms with van der Waals surface area (Å²) in [6.45, 7) is 6.27. The Hall–Kier alpha value is -3.25. The lowest BCUT2D eigenvalue weighted by Crippen LogP contribution is -2.42. The lowest BCUT2D eigenvalue weighted by atomic mass is 9.95. The smallest absolute Gasteiger partial charge is 0.250 e. The molecule has 0 saturated carbocycles. The molecule has 3 aromatic rings. The van der Waals surface area contributed by atoms with Crippen molar-refractivity contribution in [2.75, 3.05) is 57.8 Å². The highest BCUT2D eigenvalue weighted by molar-refractivity contribution is 6.11. The Balaban J connectivity index is 1.12. The maximum Gasteiger partial charge on any atom is 0.250 e. The molecule has 2 atom stereocenters. The Kier molecular flexibility index (Phi) is 7.88. The number of nitrogens with one attached hydrogen (secondary N) is 2. The first-order valence-corrected chi connectivity index (χ1v) is 13.9. The molecular formula is C29H35F2N7O2. The molecule has 2 fully saturated rings. The van der Waals surface area contributed by atoms with Crippen LogP contribution in [0.3, 0.4) is 0 Å². The van der Waals surface area contributed by atoms with Crippen LogP contribution in [-0.4, -0.2) is 94.7 Å². The van der Waals surface area contributed by atoms with Gasteiger partial charge in [0.2, 0.25) is 0 Å². The SMILES string of the molecule is OC(Nc1ccc(CN2CCOCC2)nc1)c1[nH]nc2ccc(C3=CC(CN4CCC(F)(F)CC4)CN=C3)cc12. The fraction of sp³-hybridized carbons (Fsp3) is 0.483. The van der Waals surface area contributed by atoms with Crippen molar-refractivity contribution in [2.45, 2.75) is 31.5 Å². The third-order valence-corrected chi connectivity index (χ3v) is 7.87. The number of aromatic amines is 1. The summed E-state index contributed by atoms with van der Waals surface area (Å²) in [5.74, 6) is -2.38. The zero-order valence-electron chi connectivity index (χ0n) is 22.4. The molecule has 0 aliphatic carbocycles. The summed E-state index contributed by atoms with van der Waals surface area (Å²) in [6, 6.07) is 9.80. The van der Waals surface area contributed by atoms with Crippen LogP contribution in [0.1, 0.15) is 36.0 Å². The van der Waals surface area contributed by atoms with Gasteiger partial charge < -0.3 is 20.1 Å². The molecular weight excluding hydrogens is 516 g/mol. The second-order valence-electron chi connectivity index (χ2n) is 10.9. The normalized spacial score (nSPS) is 22.8. The number of likely N-dealkylation sites (tertiary alicyclic amines) is 1. The number of aliphatic imine (C=N–C) groups is 1. The fourth-order valence-corrected chi connectivity index (χ4v) is 5.55. The first-order valence-electron chi connectivity index (χ1n) is 13.9. The van der Waals surface area contributed by atoms with E-state index in [1.54, 1.807) is 6.20 Å². The molecule has 2 unspecified atom stereocenters. The van der Waals surface area contributed by atoms with Crippen molar-refractivity contribution >= 4 is 28.4 Å². The van der Waals surface area contributed by atoms with E-state index >= 15 is 0 Å². The van der Waals surface area contributed by atoms with Gasteiger partial charge in [0, 0.05) is 76.2 Å². The van der Waals surface area contributed by atoms with Crippen molar-refractivity contribution in [3.05, 3.63) is 59.6 Å². The molecule has 1 aromatic carbocycles. The average Bonchev–Trinajstić information content (AvgIpc) is 3.40. The number of piperidine rings is 1. The van der Waals surface area contributed by atoms with Crippen molar-refractivity contribution in [1.82, 2.24) is 25.0 Å². The molecule has 2 aromatic heterocycles. The molecule has 3 aliphatic rings. The number of hydrogen-bond acceptors (Lipinski definition) is 8. The monoisotopic (exact) mass is 551 g/mol. The number of fused-ring (bicyclic) bond motifs is 1. The van der Waals surface area contributed by atoms with E-state index < -0.39 is 12.2 Å². The summed E-state index contributed by atoms with van der Waals surface area (Å²) in [7, 11) is 0. The highest BCUT2D eigenvalue weighted by Crippen LogP contribution is 2.30. The van der Waals surface area contributed by atoms with Gasteiger partial charge in [-0.05, 0) is 35.4 Å². The number of H-pyrrole nitrogens is 1. The second kappa shape index (κ2) is 11.7. The molecule has 9 nitrogen and oxygen atoms in total. The number of rotatable bonds is 8. The van der Waals surface area contributed by atoms with E-state index in [1.165, 1.54) is 0 Å². The number of aromatic nitrogens is 3. The summed E-state index contributed by atoms with van der Waals surface area (Å²) in [5.41, 5.74) is 4.94. The first kappa shape index (κ1) is 26.9. The maximum atomic E-state index is 13.5. The van der Waals surface area contributed by atoms with Gasteiger partial charge in [0.05, 0.1) is 42.0 Å². The lowest BCUT2D eigenvalue weighted by Gasteiger charge is -2.33. The van der Waals surface area contributed by atoms with Gasteiger partial charge in [-0.2, -0.15) is 5.10 Å². The molecule has 3 N–H and O–H groups in total. The molecule has 0 amide bonds. The van der Waals surface area contributed by atoms with Crippen LogP contribution in [0.4, 0.5) is 14.5 Å². The van der Waals surface area contributed by atoms with Crippen molar-refractivity contribution in [3.8, 4) is 0 Å². The quantitative estimate of drug-likeness (QED) is 0.367. The number of allylic oxidation sites excluding steroid dienone is 1. The highest BCUT2D eigenvalue weighted by Gasteiger charge is 2.34. The molecule has 40 heavy (non-hydrogen) atoms. The minimum Gasteiger partial charge on any atom is -0.379 e. The number of anilines is 1. The minimum atomic E-state index is -2.54. The summed E-state index contributed by atoms with van der Waals surface area (Å²) in [5, 5.41) is 22.3. The predicted molar refractivity (Wildman–Crippen MR) is 150 cm³/mol. The number of aliphatic hydroxyl groups is 1. The van der Waals surface area contributed by atoms with E-state index in [9.17, 15) is 13.9 Å². The van der Waals surface area contributed by atoms with Crippen LogP contribution in [0.15, 0.2) is 47.6 Å². The van der Waals surface area contributed by atoms with Crippen molar-refractivity contribution in [1.29, 1.82) is 0 Å². The summed E-state index contributed by atoms with van der Waals surface area (Å²) >= 11 is 0. The van der Waals surface area contributed by atoms with Crippen LogP contribution in [0.2, 0.25) is 0 Å². The highest BCUT2D eigenvalue weighted by atomic mass is 19.3. The molecule has 2 saturated heterocycles. The molecule has 212 valence electrons. The van der Waals surface area contributed by atoms with Gasteiger partial charge in [0.25, 0.3) is 5.92 Å². The third-order valence-electron chi connectivity index (χ3n) is 7.87. The average molecular weight is 552 g/mol.